The van der Waals surface area contributed by atoms with E-state index in [9.17, 15) is 35.5 Å². The fourth-order valence-electron chi connectivity index (χ4n) is 5.90. The molecule has 11 heteroatoms. The van der Waals surface area contributed by atoms with Crippen LogP contribution >= 0.6 is 0 Å². The number of allylic oxidation sites excluding steroid dienone is 1. The zero-order valence-corrected chi connectivity index (χ0v) is 24.5. The third-order valence-corrected chi connectivity index (χ3v) is 8.07. The standard InChI is InChI=1S/C34H34F7NO3/c1-3-4-10-29(42-32(43)44-20-22-8-6-5-7-9-22)28-15-16-30(31(28)23-11-13-27(35)14-12-23)45-21(2)24-17-25(33(36,37)38)19-26(18-24)34(39,40)41/h3,5-9,11-14,17-19,21,28-31H,1,4,10,15-16,20H2,2H3,(H,42,43)/t21-,28+,29+,30+,31+/m1/s1. The van der Waals surface area contributed by atoms with Crippen LogP contribution in [-0.2, 0) is 28.4 Å². The number of hydrogen-bond donors (Lipinski definition) is 1. The molecular weight excluding hydrogens is 603 g/mol. The number of nitrogens with one attached hydrogen (secondary N) is 1. The predicted octanol–water partition coefficient (Wildman–Crippen LogP) is 9.76. The summed E-state index contributed by atoms with van der Waals surface area (Å²) in [6.45, 7) is 5.22. The monoisotopic (exact) mass is 637 g/mol. The van der Waals surface area contributed by atoms with Gasteiger partial charge in [0.2, 0.25) is 0 Å². The molecule has 0 aromatic heterocycles. The minimum absolute atomic E-state index is 0.0487. The first-order valence-corrected chi connectivity index (χ1v) is 14.5. The van der Waals surface area contributed by atoms with Crippen molar-refractivity contribution in [1.29, 1.82) is 0 Å². The topological polar surface area (TPSA) is 47.6 Å². The van der Waals surface area contributed by atoms with Gasteiger partial charge in [0.25, 0.3) is 0 Å². The first-order valence-electron chi connectivity index (χ1n) is 14.5. The fraction of sp³-hybridized carbons (Fsp3) is 0.382. The van der Waals surface area contributed by atoms with Gasteiger partial charge in [-0.05, 0) is 85.5 Å². The smallest absolute Gasteiger partial charge is 0.416 e. The van der Waals surface area contributed by atoms with Crippen LogP contribution in [0.15, 0.2) is 85.5 Å². The lowest BCUT2D eigenvalue weighted by Gasteiger charge is -2.33. The van der Waals surface area contributed by atoms with Gasteiger partial charge in [0, 0.05) is 12.0 Å². The Bertz CT molecular complexity index is 1390. The third-order valence-electron chi connectivity index (χ3n) is 8.07. The van der Waals surface area contributed by atoms with E-state index in [0.717, 1.165) is 5.56 Å². The van der Waals surface area contributed by atoms with Gasteiger partial charge in [0.1, 0.15) is 12.4 Å². The molecule has 242 valence electrons. The number of amides is 1. The molecule has 0 unspecified atom stereocenters. The van der Waals surface area contributed by atoms with Gasteiger partial charge in [-0.3, -0.25) is 0 Å². The van der Waals surface area contributed by atoms with Gasteiger partial charge in [0.05, 0.1) is 23.3 Å². The van der Waals surface area contributed by atoms with Crippen molar-refractivity contribution in [2.45, 2.75) is 75.7 Å². The van der Waals surface area contributed by atoms with Crippen molar-refractivity contribution in [3.8, 4) is 0 Å². The fourth-order valence-corrected chi connectivity index (χ4v) is 5.90. The predicted molar refractivity (Wildman–Crippen MR) is 155 cm³/mol. The highest BCUT2D eigenvalue weighted by Crippen LogP contribution is 2.46. The van der Waals surface area contributed by atoms with Gasteiger partial charge < -0.3 is 14.8 Å². The summed E-state index contributed by atoms with van der Waals surface area (Å²) in [5.74, 6) is -1.22. The van der Waals surface area contributed by atoms with Crippen LogP contribution in [0.5, 0.6) is 0 Å². The first-order chi connectivity index (χ1) is 21.3. The third kappa shape index (κ3) is 9.09. The van der Waals surface area contributed by atoms with Crippen molar-refractivity contribution in [3.05, 3.63) is 119 Å². The van der Waals surface area contributed by atoms with Crippen molar-refractivity contribution < 1.29 is 45.0 Å². The molecule has 1 N–H and O–H groups in total. The summed E-state index contributed by atoms with van der Waals surface area (Å²) in [7, 11) is 0. The van der Waals surface area contributed by atoms with E-state index < -0.39 is 59.6 Å². The highest BCUT2D eigenvalue weighted by Gasteiger charge is 2.44. The summed E-state index contributed by atoms with van der Waals surface area (Å²) in [5.41, 5.74) is -1.66. The maximum atomic E-state index is 13.9. The quantitative estimate of drug-likeness (QED) is 0.168. The molecule has 1 fully saturated rings. The van der Waals surface area contributed by atoms with E-state index in [1.54, 1.807) is 18.2 Å². The van der Waals surface area contributed by atoms with Crippen LogP contribution in [0.1, 0.15) is 72.4 Å². The SMILES string of the molecule is C=CCC[C@H](NC(=O)OCc1ccccc1)[C@@H]1CC[C@H](O[C@H](C)c2cc(C(F)(F)F)cc(C(F)(F)F)c2)[C@H]1c1ccc(F)cc1. The molecule has 0 spiro atoms. The average Bonchev–Trinajstić information content (AvgIpc) is 3.41. The second kappa shape index (κ2) is 14.5. The Balaban J connectivity index is 1.61. The van der Waals surface area contributed by atoms with Crippen LogP contribution in [0.25, 0.3) is 0 Å². The van der Waals surface area contributed by atoms with E-state index in [1.165, 1.54) is 19.1 Å². The van der Waals surface area contributed by atoms with E-state index in [4.69, 9.17) is 9.47 Å². The Labute approximate surface area is 257 Å². The Hall–Kier alpha value is -3.86. The normalized spacial score (nSPS) is 20.0. The van der Waals surface area contributed by atoms with Crippen molar-refractivity contribution >= 4 is 6.09 Å². The van der Waals surface area contributed by atoms with Gasteiger partial charge in [-0.1, -0.05) is 48.5 Å². The molecule has 4 nitrogen and oxygen atoms in total. The molecule has 0 aliphatic heterocycles. The van der Waals surface area contributed by atoms with Crippen LogP contribution in [0.2, 0.25) is 0 Å². The van der Waals surface area contributed by atoms with E-state index in [-0.39, 0.29) is 24.2 Å². The zero-order chi connectivity index (χ0) is 32.8. The Morgan fingerprint density at radius 1 is 0.956 bits per heavy atom. The number of rotatable bonds is 11. The summed E-state index contributed by atoms with van der Waals surface area (Å²) in [4.78, 5) is 12.9. The molecule has 0 saturated heterocycles. The van der Waals surface area contributed by atoms with Crippen LogP contribution in [-0.4, -0.2) is 18.2 Å². The van der Waals surface area contributed by atoms with Crippen molar-refractivity contribution in [3.63, 3.8) is 0 Å². The summed E-state index contributed by atoms with van der Waals surface area (Å²) in [6, 6.07) is 15.8. The molecule has 4 rings (SSSR count). The zero-order valence-electron chi connectivity index (χ0n) is 24.5. The minimum atomic E-state index is -5.00. The Morgan fingerprint density at radius 2 is 1.58 bits per heavy atom. The molecule has 5 atom stereocenters. The molecular formula is C34H34F7NO3. The number of alkyl halides is 6. The summed E-state index contributed by atoms with van der Waals surface area (Å²) < 4.78 is 107. The number of alkyl carbamates (subject to hydrolysis) is 1. The van der Waals surface area contributed by atoms with Gasteiger partial charge >= 0.3 is 18.4 Å². The van der Waals surface area contributed by atoms with Crippen LogP contribution < -0.4 is 5.32 Å². The molecule has 0 heterocycles. The molecule has 3 aromatic rings. The molecule has 1 saturated carbocycles. The lowest BCUT2D eigenvalue weighted by molar-refractivity contribution is -0.143. The Morgan fingerprint density at radius 3 is 2.16 bits per heavy atom. The highest BCUT2D eigenvalue weighted by atomic mass is 19.4. The van der Waals surface area contributed by atoms with Gasteiger partial charge in [-0.15, -0.1) is 6.58 Å². The van der Waals surface area contributed by atoms with E-state index in [0.29, 0.717) is 43.4 Å². The van der Waals surface area contributed by atoms with Crippen LogP contribution in [0.3, 0.4) is 0 Å². The lowest BCUT2D eigenvalue weighted by atomic mass is 9.81. The maximum Gasteiger partial charge on any atom is 0.416 e. The second-order valence-electron chi connectivity index (χ2n) is 11.2. The van der Waals surface area contributed by atoms with Crippen molar-refractivity contribution in [2.24, 2.45) is 5.92 Å². The summed E-state index contributed by atoms with van der Waals surface area (Å²) in [6.07, 6.45) is -8.80. The number of benzene rings is 3. The lowest BCUT2D eigenvalue weighted by Crippen LogP contribution is -2.42. The maximum absolute atomic E-state index is 13.9. The van der Waals surface area contributed by atoms with E-state index >= 15 is 0 Å². The van der Waals surface area contributed by atoms with Gasteiger partial charge in [-0.25, -0.2) is 9.18 Å². The first kappa shape index (κ1) is 34.0. The summed E-state index contributed by atoms with van der Waals surface area (Å²) in [5, 5.41) is 2.94. The second-order valence-corrected chi connectivity index (χ2v) is 11.2. The van der Waals surface area contributed by atoms with Crippen LogP contribution in [0.4, 0.5) is 35.5 Å². The number of carbonyl (C=O) groups excluding carboxylic acids is 1. The van der Waals surface area contributed by atoms with E-state index in [2.05, 4.69) is 11.9 Å². The average molecular weight is 638 g/mol. The summed E-state index contributed by atoms with van der Waals surface area (Å²) >= 11 is 0. The number of halogens is 7. The van der Waals surface area contributed by atoms with Gasteiger partial charge in [-0.2, -0.15) is 26.3 Å². The highest BCUT2D eigenvalue weighted by molar-refractivity contribution is 5.67. The van der Waals surface area contributed by atoms with E-state index in [1.807, 2.05) is 30.3 Å². The van der Waals surface area contributed by atoms with Crippen molar-refractivity contribution in [2.75, 3.05) is 0 Å². The van der Waals surface area contributed by atoms with Gasteiger partial charge in [0.15, 0.2) is 0 Å². The number of hydrogen-bond acceptors (Lipinski definition) is 3. The molecule has 1 aliphatic rings. The number of ether oxygens (including phenoxy) is 2. The largest absolute Gasteiger partial charge is 0.445 e. The molecule has 45 heavy (non-hydrogen) atoms. The Kier molecular flexibility index (Phi) is 11.0. The molecule has 1 amide bonds. The number of carbonyl (C=O) groups is 1. The molecule has 3 aromatic carbocycles. The van der Waals surface area contributed by atoms with Crippen LogP contribution in [0, 0.1) is 11.7 Å². The van der Waals surface area contributed by atoms with Crippen molar-refractivity contribution in [1.82, 2.24) is 5.32 Å². The minimum Gasteiger partial charge on any atom is -0.445 e. The molecule has 1 aliphatic carbocycles. The molecule has 0 radical (unpaired) electrons. The molecule has 0 bridgehead atoms.